The highest BCUT2D eigenvalue weighted by molar-refractivity contribution is 7.98. The monoisotopic (exact) mass is 490 g/mol. The van der Waals surface area contributed by atoms with Crippen LogP contribution in [0.3, 0.4) is 0 Å². The van der Waals surface area contributed by atoms with Crippen LogP contribution >= 0.6 is 23.1 Å². The van der Waals surface area contributed by atoms with E-state index in [4.69, 9.17) is 9.72 Å². The first-order valence-corrected chi connectivity index (χ1v) is 14.3. The van der Waals surface area contributed by atoms with Crippen LogP contribution < -0.4 is 4.90 Å². The molecule has 0 N–H and O–H groups in total. The van der Waals surface area contributed by atoms with Gasteiger partial charge in [0.05, 0.1) is 39.9 Å². The number of benzene rings is 2. The Kier molecular flexibility index (Phi) is 7.19. The van der Waals surface area contributed by atoms with Gasteiger partial charge in [0, 0.05) is 11.5 Å². The van der Waals surface area contributed by atoms with Gasteiger partial charge >= 0.3 is 0 Å². The van der Waals surface area contributed by atoms with E-state index in [1.165, 1.54) is 11.3 Å². The number of ether oxygens (including phenoxy) is 1. The summed E-state index contributed by atoms with van der Waals surface area (Å²) >= 11 is 3.15. The molecule has 170 valence electrons. The maximum atomic E-state index is 13.4. The molecule has 3 aromatic rings. The summed E-state index contributed by atoms with van der Waals surface area (Å²) in [6.07, 6.45) is 4.11. The lowest BCUT2D eigenvalue weighted by Crippen LogP contribution is -2.38. The maximum absolute atomic E-state index is 13.4. The summed E-state index contributed by atoms with van der Waals surface area (Å²) in [5, 5.41) is 0.673. The minimum Gasteiger partial charge on any atom is -0.376 e. The van der Waals surface area contributed by atoms with E-state index in [-0.39, 0.29) is 29.1 Å². The Balaban J connectivity index is 1.61. The second kappa shape index (κ2) is 9.91. The lowest BCUT2D eigenvalue weighted by atomic mass is 10.1. The van der Waals surface area contributed by atoms with Crippen LogP contribution in [0.25, 0.3) is 10.2 Å². The van der Waals surface area contributed by atoms with Crippen LogP contribution in [-0.2, 0) is 25.8 Å². The number of thiazole rings is 1. The van der Waals surface area contributed by atoms with Crippen molar-refractivity contribution in [2.75, 3.05) is 30.1 Å². The number of nitrogens with zero attached hydrogens (tertiary/aromatic N) is 2. The fourth-order valence-corrected chi connectivity index (χ4v) is 6.25. The van der Waals surface area contributed by atoms with Gasteiger partial charge in [-0.15, -0.1) is 11.8 Å². The molecule has 4 rings (SSSR count). The fraction of sp³-hybridized carbons (Fsp3) is 0.391. The summed E-state index contributed by atoms with van der Waals surface area (Å²) < 4.78 is 31.0. The van der Waals surface area contributed by atoms with Gasteiger partial charge in [0.1, 0.15) is 0 Å². The van der Waals surface area contributed by atoms with Gasteiger partial charge in [0.25, 0.3) is 0 Å². The molecule has 1 unspecified atom stereocenters. The highest BCUT2D eigenvalue weighted by Crippen LogP contribution is 2.35. The smallest absolute Gasteiger partial charge is 0.233 e. The number of anilines is 1. The number of carbonyl (C=O) groups is 1. The molecule has 1 aromatic heterocycles. The molecule has 0 radical (unpaired) electrons. The average Bonchev–Trinajstić information content (AvgIpc) is 3.47. The van der Waals surface area contributed by atoms with Gasteiger partial charge in [-0.2, -0.15) is 0 Å². The number of hydrogen-bond donors (Lipinski definition) is 0. The van der Waals surface area contributed by atoms with Gasteiger partial charge < -0.3 is 4.74 Å². The van der Waals surface area contributed by atoms with Gasteiger partial charge in [-0.25, -0.2) is 13.4 Å². The molecule has 1 fully saturated rings. The third-order valence-electron chi connectivity index (χ3n) is 5.55. The zero-order valence-electron chi connectivity index (χ0n) is 18.1. The molecule has 32 heavy (non-hydrogen) atoms. The highest BCUT2D eigenvalue weighted by Gasteiger charge is 2.26. The molecule has 1 aliphatic rings. The number of rotatable bonds is 8. The number of para-hydroxylation sites is 1. The summed E-state index contributed by atoms with van der Waals surface area (Å²) in [5.41, 5.74) is 1.69. The number of sulfone groups is 1. The lowest BCUT2D eigenvalue weighted by Gasteiger charge is -2.23. The highest BCUT2D eigenvalue weighted by atomic mass is 32.2. The van der Waals surface area contributed by atoms with Crippen LogP contribution in [0.4, 0.5) is 5.13 Å². The predicted octanol–water partition coefficient (Wildman–Crippen LogP) is 4.57. The van der Waals surface area contributed by atoms with E-state index >= 15 is 0 Å². The van der Waals surface area contributed by atoms with Gasteiger partial charge in [-0.05, 0) is 48.9 Å². The quantitative estimate of drug-likeness (QED) is 0.431. The van der Waals surface area contributed by atoms with Crippen LogP contribution in [0.2, 0.25) is 0 Å². The topological polar surface area (TPSA) is 76.6 Å². The molecule has 2 aromatic carbocycles. The second-order valence-corrected chi connectivity index (χ2v) is 11.8. The molecule has 6 nitrogen and oxygen atoms in total. The molecule has 9 heteroatoms. The Labute approximate surface area is 196 Å². The third kappa shape index (κ3) is 5.01. The van der Waals surface area contributed by atoms with Crippen molar-refractivity contribution in [2.45, 2.75) is 42.1 Å². The molecule has 0 bridgehead atoms. The standard InChI is InChI=1S/C23H26N2O4S3/c1-3-32(27,28)18-11-9-16(10-12-18)14-21(26)25(15-17-6-5-13-29-17)23-24-22-19(30-2)7-4-8-20(22)31-23/h4,7-12,17H,3,5-6,13-15H2,1-2H3. The fourth-order valence-electron chi connectivity index (χ4n) is 3.72. The minimum atomic E-state index is -3.26. The number of thioether (sulfide) groups is 1. The van der Waals surface area contributed by atoms with Crippen molar-refractivity contribution in [3.63, 3.8) is 0 Å². The minimum absolute atomic E-state index is 0.00283. The Hall–Kier alpha value is -1.94. The van der Waals surface area contributed by atoms with Crippen LogP contribution in [0, 0.1) is 0 Å². The Bertz CT molecular complexity index is 1200. The van der Waals surface area contributed by atoms with E-state index in [2.05, 4.69) is 0 Å². The Morgan fingerprint density at radius 1 is 1.25 bits per heavy atom. The summed E-state index contributed by atoms with van der Waals surface area (Å²) in [7, 11) is -3.26. The molecule has 1 saturated heterocycles. The van der Waals surface area contributed by atoms with Crippen molar-refractivity contribution in [1.82, 2.24) is 4.98 Å². The van der Waals surface area contributed by atoms with Gasteiger partial charge in [-0.1, -0.05) is 36.5 Å². The third-order valence-corrected chi connectivity index (χ3v) is 9.11. The molecule has 0 aliphatic carbocycles. The van der Waals surface area contributed by atoms with Crippen molar-refractivity contribution >= 4 is 54.2 Å². The lowest BCUT2D eigenvalue weighted by molar-refractivity contribution is -0.118. The summed E-state index contributed by atoms with van der Waals surface area (Å²) in [6, 6.07) is 12.7. The first-order chi connectivity index (χ1) is 15.4. The van der Waals surface area contributed by atoms with Crippen molar-refractivity contribution < 1.29 is 17.9 Å². The van der Waals surface area contributed by atoms with Gasteiger partial charge in [0.15, 0.2) is 15.0 Å². The Morgan fingerprint density at radius 2 is 2.03 bits per heavy atom. The molecule has 2 heterocycles. The van der Waals surface area contributed by atoms with Crippen LogP contribution in [0.15, 0.2) is 52.3 Å². The molecular weight excluding hydrogens is 464 g/mol. The van der Waals surface area contributed by atoms with E-state index in [0.29, 0.717) is 11.7 Å². The molecule has 1 amide bonds. The Morgan fingerprint density at radius 3 is 2.69 bits per heavy atom. The molecular formula is C23H26N2O4S3. The number of aromatic nitrogens is 1. The summed E-state index contributed by atoms with van der Waals surface area (Å²) in [4.78, 5) is 21.3. The predicted molar refractivity (Wildman–Crippen MR) is 131 cm³/mol. The van der Waals surface area contributed by atoms with Crippen molar-refractivity contribution in [1.29, 1.82) is 0 Å². The normalized spacial score (nSPS) is 16.5. The number of hydrogen-bond acceptors (Lipinski definition) is 7. The SMILES string of the molecule is CCS(=O)(=O)c1ccc(CC(=O)N(CC2CCCO2)c2nc3c(SC)cccc3s2)cc1. The van der Waals surface area contributed by atoms with Crippen LogP contribution in [0.5, 0.6) is 0 Å². The average molecular weight is 491 g/mol. The largest absolute Gasteiger partial charge is 0.376 e. The number of fused-ring (bicyclic) bond motifs is 1. The first-order valence-electron chi connectivity index (χ1n) is 10.6. The first kappa shape index (κ1) is 23.2. The summed E-state index contributed by atoms with van der Waals surface area (Å²) in [6.45, 7) is 2.81. The second-order valence-electron chi connectivity index (χ2n) is 7.67. The van der Waals surface area contributed by atoms with Crippen molar-refractivity contribution in [3.8, 4) is 0 Å². The maximum Gasteiger partial charge on any atom is 0.233 e. The van der Waals surface area contributed by atoms with Crippen molar-refractivity contribution in [2.24, 2.45) is 0 Å². The zero-order chi connectivity index (χ0) is 22.7. The zero-order valence-corrected chi connectivity index (χ0v) is 20.6. The summed E-state index contributed by atoms with van der Waals surface area (Å²) in [5.74, 6) is -0.0211. The van der Waals surface area contributed by atoms with Gasteiger partial charge in [0.2, 0.25) is 5.91 Å². The van der Waals surface area contributed by atoms with Gasteiger partial charge in [-0.3, -0.25) is 9.69 Å². The molecule has 1 aliphatic heterocycles. The van der Waals surface area contributed by atoms with E-state index < -0.39 is 9.84 Å². The van der Waals surface area contributed by atoms with E-state index in [1.807, 2.05) is 24.5 Å². The molecule has 0 spiro atoms. The van der Waals surface area contributed by atoms with E-state index in [0.717, 1.165) is 40.1 Å². The van der Waals surface area contributed by atoms with Crippen LogP contribution in [-0.4, -0.2) is 50.6 Å². The molecule has 1 atom stereocenters. The van der Waals surface area contributed by atoms with E-state index in [9.17, 15) is 13.2 Å². The van der Waals surface area contributed by atoms with Crippen molar-refractivity contribution in [3.05, 3.63) is 48.0 Å². The molecule has 0 saturated carbocycles. The number of carbonyl (C=O) groups excluding carboxylic acids is 1. The number of amides is 1. The van der Waals surface area contributed by atoms with Crippen LogP contribution in [0.1, 0.15) is 25.3 Å². The van der Waals surface area contributed by atoms with E-state index in [1.54, 1.807) is 47.9 Å².